The number of ether oxygens (including phenoxy) is 2. The van der Waals surface area contributed by atoms with Crippen molar-refractivity contribution in [1.29, 1.82) is 0 Å². The first-order chi connectivity index (χ1) is 11.8. The van der Waals surface area contributed by atoms with Crippen LogP contribution in [0.3, 0.4) is 0 Å². The molecule has 0 N–H and O–H groups in total. The quantitative estimate of drug-likeness (QED) is 0.693. The Labute approximate surface area is 157 Å². The summed E-state index contributed by atoms with van der Waals surface area (Å²) < 4.78 is 11.5. The highest BCUT2D eigenvalue weighted by Crippen LogP contribution is 2.24. The average molecular weight is 413 g/mol. The molecule has 25 heavy (non-hydrogen) atoms. The molecule has 1 aromatic rings. The van der Waals surface area contributed by atoms with Gasteiger partial charge in [0.1, 0.15) is 6.04 Å². The van der Waals surface area contributed by atoms with E-state index in [2.05, 4.69) is 15.9 Å². The van der Waals surface area contributed by atoms with Crippen LogP contribution in [0.25, 0.3) is 0 Å². The van der Waals surface area contributed by atoms with E-state index >= 15 is 0 Å². The summed E-state index contributed by atoms with van der Waals surface area (Å²) in [5.74, 6) is -0.412. The van der Waals surface area contributed by atoms with Crippen molar-refractivity contribution >= 4 is 27.8 Å². The number of hydrogen-bond acceptors (Lipinski definition) is 5. The minimum absolute atomic E-state index is 0.0134. The van der Waals surface area contributed by atoms with Gasteiger partial charge in [0.25, 0.3) is 0 Å². The SMILES string of the molecule is COC(=O)[C@H](c1cccc(Br)c1)N(C)CC(=O)N1C[C@@H](C)O[C@@H](C)C1. The van der Waals surface area contributed by atoms with Crippen LogP contribution in [0.1, 0.15) is 25.5 Å². The third-order valence-corrected chi connectivity index (χ3v) is 4.68. The molecule has 0 spiro atoms. The largest absolute Gasteiger partial charge is 0.468 e. The normalized spacial score (nSPS) is 21.9. The number of amides is 1. The van der Waals surface area contributed by atoms with Crippen molar-refractivity contribution in [1.82, 2.24) is 9.80 Å². The van der Waals surface area contributed by atoms with Crippen molar-refractivity contribution < 1.29 is 19.1 Å². The van der Waals surface area contributed by atoms with Crippen molar-refractivity contribution in [2.45, 2.75) is 32.1 Å². The second kappa shape index (κ2) is 8.78. The molecule has 0 aromatic heterocycles. The maximum absolute atomic E-state index is 12.7. The third kappa shape index (κ3) is 5.26. The summed E-state index contributed by atoms with van der Waals surface area (Å²) in [5.41, 5.74) is 0.778. The van der Waals surface area contributed by atoms with Crippen molar-refractivity contribution in [2.24, 2.45) is 0 Å². The summed E-state index contributed by atoms with van der Waals surface area (Å²) in [5, 5.41) is 0. The summed E-state index contributed by atoms with van der Waals surface area (Å²) in [6.45, 7) is 5.18. The van der Waals surface area contributed by atoms with E-state index < -0.39 is 12.0 Å². The molecule has 6 nitrogen and oxygen atoms in total. The van der Waals surface area contributed by atoms with E-state index in [0.717, 1.165) is 10.0 Å². The van der Waals surface area contributed by atoms with Crippen molar-refractivity contribution in [3.8, 4) is 0 Å². The Kier molecular flexibility index (Phi) is 6.98. The number of carbonyl (C=O) groups excluding carboxylic acids is 2. The van der Waals surface area contributed by atoms with E-state index in [1.54, 1.807) is 16.8 Å². The second-order valence-corrected chi connectivity index (χ2v) is 7.37. The number of nitrogens with zero attached hydrogens (tertiary/aromatic N) is 2. The van der Waals surface area contributed by atoms with Gasteiger partial charge < -0.3 is 14.4 Å². The number of carbonyl (C=O) groups is 2. The lowest BCUT2D eigenvalue weighted by atomic mass is 10.1. The van der Waals surface area contributed by atoms with Crippen LogP contribution in [0.5, 0.6) is 0 Å². The van der Waals surface area contributed by atoms with E-state index in [4.69, 9.17) is 9.47 Å². The Balaban J connectivity index is 2.12. The van der Waals surface area contributed by atoms with Gasteiger partial charge in [-0.15, -0.1) is 0 Å². The highest BCUT2D eigenvalue weighted by atomic mass is 79.9. The summed E-state index contributed by atoms with van der Waals surface area (Å²) in [4.78, 5) is 28.5. The van der Waals surface area contributed by atoms with Gasteiger partial charge in [-0.1, -0.05) is 28.1 Å². The minimum Gasteiger partial charge on any atom is -0.468 e. The van der Waals surface area contributed by atoms with Gasteiger partial charge in [-0.2, -0.15) is 0 Å². The van der Waals surface area contributed by atoms with Gasteiger partial charge in [-0.3, -0.25) is 9.69 Å². The van der Waals surface area contributed by atoms with E-state index in [1.807, 2.05) is 38.1 Å². The van der Waals surface area contributed by atoms with Gasteiger partial charge in [-0.25, -0.2) is 4.79 Å². The molecule has 0 radical (unpaired) electrons. The van der Waals surface area contributed by atoms with Crippen molar-refractivity contribution in [2.75, 3.05) is 33.8 Å². The summed E-state index contributed by atoms with van der Waals surface area (Å²) in [6, 6.07) is 6.83. The van der Waals surface area contributed by atoms with Crippen LogP contribution in [-0.4, -0.2) is 67.7 Å². The van der Waals surface area contributed by atoms with Crippen LogP contribution in [0.4, 0.5) is 0 Å². The fraction of sp³-hybridized carbons (Fsp3) is 0.556. The number of morpholine rings is 1. The topological polar surface area (TPSA) is 59.1 Å². The number of rotatable bonds is 5. The van der Waals surface area contributed by atoms with Gasteiger partial charge in [0.15, 0.2) is 0 Å². The second-order valence-electron chi connectivity index (χ2n) is 6.45. The molecule has 3 atom stereocenters. The minimum atomic E-state index is -0.637. The molecule has 1 aliphatic heterocycles. The Morgan fingerprint density at radius 2 is 2.00 bits per heavy atom. The Morgan fingerprint density at radius 3 is 2.56 bits per heavy atom. The van der Waals surface area contributed by atoms with Crippen LogP contribution in [0, 0.1) is 0 Å². The molecule has 138 valence electrons. The molecule has 1 aromatic carbocycles. The van der Waals surface area contributed by atoms with Crippen LogP contribution in [-0.2, 0) is 19.1 Å². The predicted octanol–water partition coefficient (Wildman–Crippen LogP) is 2.23. The molecule has 1 aliphatic rings. The molecule has 0 unspecified atom stereocenters. The summed E-state index contributed by atoms with van der Waals surface area (Å²) in [6.07, 6.45) is 0.0268. The number of esters is 1. The maximum Gasteiger partial charge on any atom is 0.327 e. The molecule has 1 amide bonds. The van der Waals surface area contributed by atoms with Crippen LogP contribution < -0.4 is 0 Å². The van der Waals surface area contributed by atoms with Crippen LogP contribution in [0.2, 0.25) is 0 Å². The molecule has 2 rings (SSSR count). The number of benzene rings is 1. The average Bonchev–Trinajstić information content (AvgIpc) is 2.54. The van der Waals surface area contributed by atoms with E-state index in [0.29, 0.717) is 13.1 Å². The molecular weight excluding hydrogens is 388 g/mol. The molecular formula is C18H25BrN2O4. The lowest BCUT2D eigenvalue weighted by Gasteiger charge is -2.36. The Bertz CT molecular complexity index is 615. The third-order valence-electron chi connectivity index (χ3n) is 4.19. The van der Waals surface area contributed by atoms with E-state index in [-0.39, 0.29) is 24.7 Å². The monoisotopic (exact) mass is 412 g/mol. The number of likely N-dealkylation sites (N-methyl/N-ethyl adjacent to an activating group) is 1. The standard InChI is InChI=1S/C18H25BrN2O4/c1-12-9-21(10-13(2)25-12)16(22)11-20(3)17(18(23)24-4)14-6-5-7-15(19)8-14/h5-8,12-13,17H,9-11H2,1-4H3/t12-,13+,17-/m0/s1. The molecule has 1 saturated heterocycles. The Hall–Kier alpha value is -1.44. The van der Waals surface area contributed by atoms with Gasteiger partial charge in [0.2, 0.25) is 5.91 Å². The number of hydrogen-bond donors (Lipinski definition) is 0. The highest BCUT2D eigenvalue weighted by Gasteiger charge is 2.31. The van der Waals surface area contributed by atoms with Gasteiger partial charge >= 0.3 is 5.97 Å². The zero-order valence-corrected chi connectivity index (χ0v) is 16.7. The first kappa shape index (κ1) is 19.9. The van der Waals surface area contributed by atoms with Crippen molar-refractivity contribution in [3.63, 3.8) is 0 Å². The van der Waals surface area contributed by atoms with Gasteiger partial charge in [-0.05, 0) is 38.6 Å². The smallest absolute Gasteiger partial charge is 0.327 e. The summed E-state index contributed by atoms with van der Waals surface area (Å²) in [7, 11) is 3.11. The first-order valence-electron chi connectivity index (χ1n) is 8.28. The fourth-order valence-corrected chi connectivity index (χ4v) is 3.56. The number of halogens is 1. The maximum atomic E-state index is 12.7. The molecule has 0 saturated carbocycles. The molecule has 1 heterocycles. The van der Waals surface area contributed by atoms with Crippen molar-refractivity contribution in [3.05, 3.63) is 34.3 Å². The summed E-state index contributed by atoms with van der Waals surface area (Å²) >= 11 is 3.42. The van der Waals surface area contributed by atoms with Crippen LogP contribution >= 0.6 is 15.9 Å². The lowest BCUT2D eigenvalue weighted by Crippen LogP contribution is -2.51. The van der Waals surface area contributed by atoms with E-state index in [1.165, 1.54) is 7.11 Å². The lowest BCUT2D eigenvalue weighted by molar-refractivity contribution is -0.150. The predicted molar refractivity (Wildman–Crippen MR) is 98.1 cm³/mol. The van der Waals surface area contributed by atoms with E-state index in [9.17, 15) is 9.59 Å². The number of methoxy groups -OCH3 is 1. The molecule has 1 fully saturated rings. The molecule has 0 aliphatic carbocycles. The fourth-order valence-electron chi connectivity index (χ4n) is 3.14. The highest BCUT2D eigenvalue weighted by molar-refractivity contribution is 9.10. The molecule has 7 heteroatoms. The zero-order valence-electron chi connectivity index (χ0n) is 15.1. The Morgan fingerprint density at radius 1 is 1.36 bits per heavy atom. The van der Waals surface area contributed by atoms with Crippen LogP contribution in [0.15, 0.2) is 28.7 Å². The zero-order chi connectivity index (χ0) is 18.6. The first-order valence-corrected chi connectivity index (χ1v) is 9.08. The van der Waals surface area contributed by atoms with Gasteiger partial charge in [0, 0.05) is 17.6 Å². The van der Waals surface area contributed by atoms with Gasteiger partial charge in [0.05, 0.1) is 25.9 Å². The molecule has 0 bridgehead atoms.